The molecule has 0 saturated carbocycles. The third-order valence-electron chi connectivity index (χ3n) is 4.95. The van der Waals surface area contributed by atoms with Crippen molar-refractivity contribution in [1.29, 1.82) is 5.26 Å². The highest BCUT2D eigenvalue weighted by molar-refractivity contribution is 8.18. The average molecular weight is 514 g/mol. The van der Waals surface area contributed by atoms with Gasteiger partial charge in [-0.25, -0.2) is 4.98 Å². The molecule has 12 heteroatoms. The lowest BCUT2D eigenvalue weighted by Gasteiger charge is -2.16. The first kappa shape index (κ1) is 24.9. The van der Waals surface area contributed by atoms with Gasteiger partial charge in [0.25, 0.3) is 5.91 Å². The van der Waals surface area contributed by atoms with Crippen molar-refractivity contribution in [2.24, 2.45) is 4.99 Å². The van der Waals surface area contributed by atoms with Gasteiger partial charge in [-0.1, -0.05) is 6.07 Å². The van der Waals surface area contributed by atoms with E-state index >= 15 is 0 Å². The Labute approximate surface area is 208 Å². The number of alkyl halides is 3. The molecular weight excluding hydrogens is 495 g/mol. The first-order valence-corrected chi connectivity index (χ1v) is 11.3. The Balaban J connectivity index is 1.48. The van der Waals surface area contributed by atoms with Crippen molar-refractivity contribution in [1.82, 2.24) is 14.9 Å². The summed E-state index contributed by atoms with van der Waals surface area (Å²) >= 11 is 1.18. The second-order valence-electron chi connectivity index (χ2n) is 7.39. The number of carbonyl (C=O) groups excluding carboxylic acids is 1. The van der Waals surface area contributed by atoms with Gasteiger partial charge >= 0.3 is 6.18 Å². The number of ether oxygens (including phenoxy) is 2. The number of aromatic nitrogens is 2. The fourth-order valence-electron chi connectivity index (χ4n) is 3.23. The lowest BCUT2D eigenvalue weighted by molar-refractivity contribution is -0.138. The molecule has 0 saturated heterocycles. The maximum atomic E-state index is 13.5. The third-order valence-corrected chi connectivity index (χ3v) is 5.89. The minimum atomic E-state index is -4.72. The Morgan fingerprint density at radius 1 is 1.19 bits per heavy atom. The zero-order valence-corrected chi connectivity index (χ0v) is 19.6. The predicted molar refractivity (Wildman–Crippen MR) is 127 cm³/mol. The number of hydrogen-bond acceptors (Lipinski definition) is 7. The molecule has 1 aromatic heterocycles. The zero-order valence-electron chi connectivity index (χ0n) is 18.7. The summed E-state index contributed by atoms with van der Waals surface area (Å²) in [7, 11) is 1.35. The van der Waals surface area contributed by atoms with E-state index in [4.69, 9.17) is 14.7 Å². The van der Waals surface area contributed by atoms with Crippen LogP contribution >= 0.6 is 11.8 Å². The number of amides is 1. The lowest BCUT2D eigenvalue weighted by atomic mass is 10.1. The SMILES string of the molecule is COc1cc(C=C2SC(NCCn3ccnc3)=NC2=O)ccc1Oc1ccc(C#N)cc1C(F)(F)F. The van der Waals surface area contributed by atoms with Crippen molar-refractivity contribution in [2.75, 3.05) is 13.7 Å². The summed E-state index contributed by atoms with van der Waals surface area (Å²) in [6.07, 6.45) is 2.08. The summed E-state index contributed by atoms with van der Waals surface area (Å²) in [4.78, 5) is 20.7. The van der Waals surface area contributed by atoms with Gasteiger partial charge in [0.1, 0.15) is 5.75 Å². The number of hydrogen-bond donors (Lipinski definition) is 1. The molecule has 0 aliphatic carbocycles. The highest BCUT2D eigenvalue weighted by Gasteiger charge is 2.35. The van der Waals surface area contributed by atoms with Gasteiger partial charge in [-0.2, -0.15) is 23.4 Å². The fourth-order valence-corrected chi connectivity index (χ4v) is 4.07. The summed E-state index contributed by atoms with van der Waals surface area (Å²) in [6.45, 7) is 1.21. The van der Waals surface area contributed by atoms with Crippen LogP contribution in [0.3, 0.4) is 0 Å². The van der Waals surface area contributed by atoms with E-state index in [1.54, 1.807) is 30.7 Å². The Hall–Kier alpha value is -4.24. The molecule has 1 amide bonds. The first-order chi connectivity index (χ1) is 17.3. The van der Waals surface area contributed by atoms with Crippen LogP contribution in [0.4, 0.5) is 13.2 Å². The number of imidazole rings is 1. The quantitative estimate of drug-likeness (QED) is 0.452. The number of thioether (sulfide) groups is 1. The Morgan fingerprint density at radius 3 is 2.69 bits per heavy atom. The van der Waals surface area contributed by atoms with Crippen molar-refractivity contribution in [3.8, 4) is 23.3 Å². The molecule has 0 spiro atoms. The molecular formula is C24H18F3N5O3S. The van der Waals surface area contributed by atoms with Crippen LogP contribution in [0.5, 0.6) is 17.2 Å². The third kappa shape index (κ3) is 5.87. The number of rotatable bonds is 7. The molecule has 4 rings (SSSR count). The monoisotopic (exact) mass is 513 g/mol. The second kappa shape index (κ2) is 10.6. The molecule has 0 radical (unpaired) electrons. The van der Waals surface area contributed by atoms with E-state index in [-0.39, 0.29) is 17.1 Å². The number of carbonyl (C=O) groups is 1. The van der Waals surface area contributed by atoms with Crippen molar-refractivity contribution in [3.63, 3.8) is 0 Å². The van der Waals surface area contributed by atoms with Crippen LogP contribution in [0, 0.1) is 11.3 Å². The maximum absolute atomic E-state index is 13.5. The molecule has 0 unspecified atom stereocenters. The highest BCUT2D eigenvalue weighted by atomic mass is 32.2. The first-order valence-electron chi connectivity index (χ1n) is 10.5. The highest BCUT2D eigenvalue weighted by Crippen LogP contribution is 2.41. The van der Waals surface area contributed by atoms with E-state index in [1.807, 2.05) is 10.8 Å². The number of halogens is 3. The number of nitriles is 1. The summed E-state index contributed by atoms with van der Waals surface area (Å²) in [5.74, 6) is -0.667. The van der Waals surface area contributed by atoms with Crippen molar-refractivity contribution in [3.05, 3.63) is 76.7 Å². The number of amidine groups is 1. The molecule has 1 aliphatic rings. The van der Waals surface area contributed by atoms with Crippen molar-refractivity contribution >= 4 is 28.9 Å². The van der Waals surface area contributed by atoms with Gasteiger partial charge in [0.2, 0.25) is 0 Å². The van der Waals surface area contributed by atoms with E-state index in [0.29, 0.717) is 28.7 Å². The largest absolute Gasteiger partial charge is 0.493 e. The molecule has 0 bridgehead atoms. The van der Waals surface area contributed by atoms with E-state index in [0.717, 1.165) is 12.1 Å². The number of aliphatic imine (C=N–C) groups is 1. The van der Waals surface area contributed by atoms with Crippen LogP contribution in [0.15, 0.2) is 65.0 Å². The van der Waals surface area contributed by atoms with Gasteiger partial charge in [0.05, 0.1) is 35.5 Å². The van der Waals surface area contributed by atoms with Gasteiger partial charge in [-0.05, 0) is 53.7 Å². The minimum Gasteiger partial charge on any atom is -0.493 e. The van der Waals surface area contributed by atoms with E-state index in [1.165, 1.54) is 37.1 Å². The molecule has 184 valence electrons. The number of benzene rings is 2. The van der Waals surface area contributed by atoms with Gasteiger partial charge < -0.3 is 19.4 Å². The molecule has 36 heavy (non-hydrogen) atoms. The van der Waals surface area contributed by atoms with Crippen LogP contribution in [-0.4, -0.2) is 34.3 Å². The smallest absolute Gasteiger partial charge is 0.420 e. The van der Waals surface area contributed by atoms with E-state index in [2.05, 4.69) is 15.3 Å². The fraction of sp³-hybridized carbons (Fsp3) is 0.167. The number of nitrogens with one attached hydrogen (secondary N) is 1. The molecule has 1 aliphatic heterocycles. The van der Waals surface area contributed by atoms with Gasteiger partial charge in [-0.3, -0.25) is 4.79 Å². The molecule has 2 heterocycles. The van der Waals surface area contributed by atoms with Gasteiger partial charge in [0, 0.05) is 25.5 Å². The molecule has 2 aromatic carbocycles. The summed E-state index contributed by atoms with van der Waals surface area (Å²) in [5.41, 5.74) is -0.645. The Morgan fingerprint density at radius 2 is 2.00 bits per heavy atom. The topological polar surface area (TPSA) is 102 Å². The second-order valence-corrected chi connectivity index (χ2v) is 8.42. The number of nitrogens with zero attached hydrogens (tertiary/aromatic N) is 4. The average Bonchev–Trinajstić information content (AvgIpc) is 3.49. The molecule has 1 N–H and O–H groups in total. The van der Waals surface area contributed by atoms with Gasteiger partial charge in [-0.15, -0.1) is 0 Å². The van der Waals surface area contributed by atoms with Crippen molar-refractivity contribution < 1.29 is 27.4 Å². The van der Waals surface area contributed by atoms with Crippen molar-refractivity contribution in [2.45, 2.75) is 12.7 Å². The van der Waals surface area contributed by atoms with Crippen LogP contribution in [0.2, 0.25) is 0 Å². The normalized spacial score (nSPS) is 14.5. The predicted octanol–water partition coefficient (Wildman–Crippen LogP) is 4.83. The summed E-state index contributed by atoms with van der Waals surface area (Å²) < 4.78 is 53.1. The lowest BCUT2D eigenvalue weighted by Crippen LogP contribution is -2.23. The van der Waals surface area contributed by atoms with Crippen LogP contribution in [0.1, 0.15) is 16.7 Å². The summed E-state index contributed by atoms with van der Waals surface area (Å²) in [5, 5.41) is 12.5. The standard InChI is InChI=1S/C24H18F3N5O3S/c1-34-20-11-15(12-21-22(33)31-23(36-21)30-7-9-32-8-6-29-14-32)2-5-19(20)35-18-4-3-16(13-28)10-17(18)24(25,26)27/h2-6,8,10-12,14H,7,9H2,1H3,(H,30,31,33). The van der Waals surface area contributed by atoms with E-state index in [9.17, 15) is 18.0 Å². The minimum absolute atomic E-state index is 0.0402. The summed E-state index contributed by atoms with van der Waals surface area (Å²) in [6, 6.07) is 9.30. The Kier molecular flexibility index (Phi) is 7.30. The Bertz CT molecular complexity index is 1380. The maximum Gasteiger partial charge on any atom is 0.420 e. The van der Waals surface area contributed by atoms with Gasteiger partial charge in [0.15, 0.2) is 16.7 Å². The van der Waals surface area contributed by atoms with E-state index < -0.39 is 23.4 Å². The molecule has 0 atom stereocenters. The molecule has 8 nitrogen and oxygen atoms in total. The van der Waals surface area contributed by atoms with Crippen LogP contribution in [0.25, 0.3) is 6.08 Å². The van der Waals surface area contributed by atoms with Crippen LogP contribution in [-0.2, 0) is 17.5 Å². The zero-order chi connectivity index (χ0) is 25.7. The molecule has 3 aromatic rings. The number of methoxy groups -OCH3 is 1. The van der Waals surface area contributed by atoms with Crippen LogP contribution < -0.4 is 14.8 Å². The molecule has 0 fully saturated rings.